The summed E-state index contributed by atoms with van der Waals surface area (Å²) in [6.45, 7) is 9.25. The summed E-state index contributed by atoms with van der Waals surface area (Å²) in [6, 6.07) is 0. The first-order valence-corrected chi connectivity index (χ1v) is 3.68. The van der Waals surface area contributed by atoms with Crippen molar-refractivity contribution >= 4 is 5.97 Å². The summed E-state index contributed by atoms with van der Waals surface area (Å²) in [5, 5.41) is 0. The van der Waals surface area contributed by atoms with Gasteiger partial charge in [0.1, 0.15) is 0 Å². The van der Waals surface area contributed by atoms with Crippen molar-refractivity contribution in [2.24, 2.45) is 5.41 Å². The maximum atomic E-state index is 11.1. The fraction of sp³-hybridized carbons (Fsp3) is 0.667. The summed E-state index contributed by atoms with van der Waals surface area (Å²) < 4.78 is 4.87. The molecule has 0 fully saturated rings. The largest absolute Gasteiger partial charge is 0.434 e. The van der Waals surface area contributed by atoms with Gasteiger partial charge in [-0.15, -0.1) is 0 Å². The van der Waals surface area contributed by atoms with Gasteiger partial charge in [0.25, 0.3) is 0 Å². The Balaban J connectivity index is 4.01. The maximum Gasteiger partial charge on any atom is 0.316 e. The molecule has 0 aromatic rings. The summed E-state index contributed by atoms with van der Waals surface area (Å²) in [5.41, 5.74) is 0.578. The van der Waals surface area contributed by atoms with E-state index >= 15 is 0 Å². The van der Waals surface area contributed by atoms with Crippen LogP contribution in [-0.4, -0.2) is 5.97 Å². The van der Waals surface area contributed by atoms with Crippen LogP contribution in [0.25, 0.3) is 0 Å². The normalized spacial score (nSPS) is 10.6. The van der Waals surface area contributed by atoms with Crippen molar-refractivity contribution in [2.45, 2.75) is 34.6 Å². The van der Waals surface area contributed by atoms with Gasteiger partial charge in [-0.25, -0.2) is 0 Å². The molecule has 0 aliphatic rings. The number of ether oxygens (including phenoxy) is 1. The van der Waals surface area contributed by atoms with Gasteiger partial charge in [0.05, 0.1) is 11.7 Å². The van der Waals surface area contributed by atoms with Crippen LogP contribution in [0, 0.1) is 5.41 Å². The SMILES string of the molecule is CC(C)=COC(=O)C(C)(C)C. The molecular weight excluding hydrogens is 140 g/mol. The third-order valence-corrected chi connectivity index (χ3v) is 1.01. The molecule has 0 N–H and O–H groups in total. The van der Waals surface area contributed by atoms with E-state index in [4.69, 9.17) is 4.74 Å². The van der Waals surface area contributed by atoms with E-state index in [0.29, 0.717) is 0 Å². The molecule has 0 saturated heterocycles. The monoisotopic (exact) mass is 156 g/mol. The van der Waals surface area contributed by atoms with Crippen molar-refractivity contribution in [1.29, 1.82) is 0 Å². The Bertz CT molecular complexity index is 168. The summed E-state index contributed by atoms with van der Waals surface area (Å²) in [5.74, 6) is -0.196. The molecule has 2 heteroatoms. The average Bonchev–Trinajstić information content (AvgIpc) is 1.80. The standard InChI is InChI=1S/C9H16O2/c1-7(2)6-11-8(10)9(3,4)5/h6H,1-5H3. The number of rotatable bonds is 1. The summed E-state index contributed by atoms with van der Waals surface area (Å²) in [7, 11) is 0. The molecule has 0 unspecified atom stereocenters. The Hall–Kier alpha value is -0.790. The van der Waals surface area contributed by atoms with E-state index < -0.39 is 5.41 Å². The van der Waals surface area contributed by atoms with Crippen LogP contribution in [0.5, 0.6) is 0 Å². The van der Waals surface area contributed by atoms with E-state index in [-0.39, 0.29) is 5.97 Å². The first-order chi connectivity index (χ1) is 4.84. The minimum absolute atomic E-state index is 0.196. The lowest BCUT2D eigenvalue weighted by Gasteiger charge is -2.14. The predicted molar refractivity (Wildman–Crippen MR) is 45.0 cm³/mol. The summed E-state index contributed by atoms with van der Waals surface area (Å²) in [4.78, 5) is 11.1. The number of esters is 1. The molecule has 0 spiro atoms. The third-order valence-electron chi connectivity index (χ3n) is 1.01. The molecule has 0 rings (SSSR count). The molecule has 0 radical (unpaired) electrons. The van der Waals surface area contributed by atoms with Gasteiger partial charge < -0.3 is 4.74 Å². The van der Waals surface area contributed by atoms with Crippen molar-refractivity contribution < 1.29 is 9.53 Å². The van der Waals surface area contributed by atoms with E-state index in [9.17, 15) is 4.79 Å². The lowest BCUT2D eigenvalue weighted by molar-refractivity contribution is -0.146. The van der Waals surface area contributed by atoms with Gasteiger partial charge in [-0.3, -0.25) is 4.79 Å². The van der Waals surface area contributed by atoms with Crippen LogP contribution in [0.2, 0.25) is 0 Å². The Labute approximate surface area is 68.2 Å². The number of allylic oxidation sites excluding steroid dienone is 1. The number of hydrogen-bond acceptors (Lipinski definition) is 2. The van der Waals surface area contributed by atoms with Crippen LogP contribution in [0.1, 0.15) is 34.6 Å². The minimum Gasteiger partial charge on any atom is -0.434 e. The maximum absolute atomic E-state index is 11.1. The van der Waals surface area contributed by atoms with Crippen LogP contribution in [0.15, 0.2) is 11.8 Å². The van der Waals surface area contributed by atoms with Gasteiger partial charge in [0.15, 0.2) is 0 Å². The number of carbonyl (C=O) groups is 1. The Morgan fingerprint density at radius 1 is 1.27 bits per heavy atom. The van der Waals surface area contributed by atoms with E-state index in [1.807, 2.05) is 34.6 Å². The average molecular weight is 156 g/mol. The molecule has 0 aromatic heterocycles. The van der Waals surface area contributed by atoms with Gasteiger partial charge >= 0.3 is 5.97 Å². The van der Waals surface area contributed by atoms with E-state index in [0.717, 1.165) is 5.57 Å². The fourth-order valence-corrected chi connectivity index (χ4v) is 0.348. The summed E-state index contributed by atoms with van der Waals surface area (Å²) in [6.07, 6.45) is 1.48. The van der Waals surface area contributed by atoms with Crippen molar-refractivity contribution in [3.63, 3.8) is 0 Å². The molecule has 0 saturated carbocycles. The Kier molecular flexibility index (Phi) is 3.30. The third kappa shape index (κ3) is 4.59. The second-order valence-electron chi connectivity index (χ2n) is 3.85. The fourth-order valence-electron chi connectivity index (χ4n) is 0.348. The van der Waals surface area contributed by atoms with Crippen LogP contribution < -0.4 is 0 Å². The smallest absolute Gasteiger partial charge is 0.316 e. The number of hydrogen-bond donors (Lipinski definition) is 0. The van der Waals surface area contributed by atoms with Crippen molar-refractivity contribution in [2.75, 3.05) is 0 Å². The molecule has 0 aliphatic heterocycles. The zero-order chi connectivity index (χ0) is 9.07. The Morgan fingerprint density at radius 2 is 1.73 bits per heavy atom. The topological polar surface area (TPSA) is 26.3 Å². The first-order valence-electron chi connectivity index (χ1n) is 3.68. The van der Waals surface area contributed by atoms with E-state index in [1.165, 1.54) is 6.26 Å². The van der Waals surface area contributed by atoms with Crippen LogP contribution in [0.4, 0.5) is 0 Å². The second-order valence-corrected chi connectivity index (χ2v) is 3.85. The van der Waals surface area contributed by atoms with E-state index in [1.54, 1.807) is 0 Å². The lowest BCUT2D eigenvalue weighted by atomic mass is 9.97. The van der Waals surface area contributed by atoms with Gasteiger partial charge in [-0.05, 0) is 40.2 Å². The molecule has 11 heavy (non-hydrogen) atoms. The highest BCUT2D eigenvalue weighted by atomic mass is 16.5. The zero-order valence-electron chi connectivity index (χ0n) is 7.89. The predicted octanol–water partition coefficient (Wildman–Crippen LogP) is 2.50. The van der Waals surface area contributed by atoms with Crippen LogP contribution >= 0.6 is 0 Å². The molecule has 0 aliphatic carbocycles. The van der Waals surface area contributed by atoms with Crippen molar-refractivity contribution in [3.05, 3.63) is 11.8 Å². The molecule has 0 aromatic carbocycles. The zero-order valence-corrected chi connectivity index (χ0v) is 7.89. The molecule has 2 nitrogen and oxygen atoms in total. The Morgan fingerprint density at radius 3 is 2.00 bits per heavy atom. The first kappa shape index (κ1) is 10.2. The molecule has 0 atom stereocenters. The highest BCUT2D eigenvalue weighted by Gasteiger charge is 2.22. The molecule has 64 valence electrons. The minimum atomic E-state index is -0.411. The molecule has 0 amide bonds. The molecular formula is C9H16O2. The summed E-state index contributed by atoms with van der Waals surface area (Å²) >= 11 is 0. The molecule has 0 heterocycles. The second kappa shape index (κ2) is 3.56. The van der Waals surface area contributed by atoms with Crippen molar-refractivity contribution in [1.82, 2.24) is 0 Å². The van der Waals surface area contributed by atoms with E-state index in [2.05, 4.69) is 0 Å². The number of carbonyl (C=O) groups excluding carboxylic acids is 1. The highest BCUT2D eigenvalue weighted by molar-refractivity contribution is 5.75. The van der Waals surface area contributed by atoms with Gasteiger partial charge in [-0.2, -0.15) is 0 Å². The van der Waals surface area contributed by atoms with Crippen LogP contribution in [0.3, 0.4) is 0 Å². The quantitative estimate of drug-likeness (QED) is 0.430. The highest BCUT2D eigenvalue weighted by Crippen LogP contribution is 2.15. The lowest BCUT2D eigenvalue weighted by Crippen LogP contribution is -2.20. The van der Waals surface area contributed by atoms with Gasteiger partial charge in [-0.1, -0.05) is 0 Å². The van der Waals surface area contributed by atoms with Gasteiger partial charge in [0, 0.05) is 0 Å². The molecule has 0 bridgehead atoms. The van der Waals surface area contributed by atoms with Gasteiger partial charge in [0.2, 0.25) is 0 Å². The van der Waals surface area contributed by atoms with Crippen molar-refractivity contribution in [3.8, 4) is 0 Å². The van der Waals surface area contributed by atoms with Crippen LogP contribution in [-0.2, 0) is 9.53 Å².